The van der Waals surface area contributed by atoms with Gasteiger partial charge in [0.2, 0.25) is 21.8 Å². The van der Waals surface area contributed by atoms with E-state index in [4.69, 9.17) is 20.4 Å². The summed E-state index contributed by atoms with van der Waals surface area (Å²) < 4.78 is 26.1. The number of aliphatic carboxylic acids is 2. The van der Waals surface area contributed by atoms with Crippen LogP contribution >= 0.6 is 0 Å². The molecule has 3 aliphatic heterocycles. The van der Waals surface area contributed by atoms with Crippen molar-refractivity contribution in [2.24, 2.45) is 5.92 Å². The van der Waals surface area contributed by atoms with Gasteiger partial charge in [0.1, 0.15) is 0 Å². The zero-order valence-corrected chi connectivity index (χ0v) is 22.2. The van der Waals surface area contributed by atoms with E-state index in [0.717, 1.165) is 30.4 Å². The second kappa shape index (κ2) is 13.5. The number of aliphatic hydroxyl groups is 2. The maximum atomic E-state index is 12.9. The number of carboxylic acids is 2. The predicted molar refractivity (Wildman–Crippen MR) is 131 cm³/mol. The minimum atomic E-state index is -3.59. The minimum Gasteiger partial charge on any atom is -0.479 e. The van der Waals surface area contributed by atoms with Crippen LogP contribution in [-0.4, -0.2) is 123 Å². The van der Waals surface area contributed by atoms with Gasteiger partial charge in [0.05, 0.1) is 23.8 Å². The van der Waals surface area contributed by atoms with Gasteiger partial charge in [-0.05, 0) is 45.7 Å². The average Bonchev–Trinajstić information content (AvgIpc) is 3.40. The Morgan fingerprint density at radius 2 is 1.54 bits per heavy atom. The molecule has 37 heavy (non-hydrogen) atoms. The Kier molecular flexibility index (Phi) is 11.3. The third-order valence-electron chi connectivity index (χ3n) is 7.15. The van der Waals surface area contributed by atoms with Gasteiger partial charge in [0.15, 0.2) is 12.2 Å². The number of hydrogen-bond acceptors (Lipinski definition) is 9. The number of carbonyl (C=O) groups excluding carboxylic acids is 2. The van der Waals surface area contributed by atoms with Gasteiger partial charge in [-0.1, -0.05) is 19.8 Å². The van der Waals surface area contributed by atoms with Crippen molar-refractivity contribution in [3.63, 3.8) is 0 Å². The molecule has 3 heterocycles. The van der Waals surface area contributed by atoms with E-state index in [1.165, 1.54) is 19.3 Å². The van der Waals surface area contributed by atoms with Crippen LogP contribution in [0.5, 0.6) is 0 Å². The number of hydrogen-bond donors (Lipinski definition) is 4. The molecule has 0 spiro atoms. The Morgan fingerprint density at radius 3 is 2.03 bits per heavy atom. The van der Waals surface area contributed by atoms with Crippen molar-refractivity contribution in [2.45, 2.75) is 83.1 Å². The molecule has 0 aromatic carbocycles. The lowest BCUT2D eigenvalue weighted by Crippen LogP contribution is -2.44. The van der Waals surface area contributed by atoms with Crippen LogP contribution in [0, 0.1) is 5.92 Å². The third kappa shape index (κ3) is 7.39. The van der Waals surface area contributed by atoms with Gasteiger partial charge in [0, 0.05) is 19.5 Å². The number of fused-ring (bicyclic) bond motifs is 1. The molecule has 0 saturated carbocycles. The summed E-state index contributed by atoms with van der Waals surface area (Å²) in [5.74, 6) is -4.24. The monoisotopic (exact) mass is 549 g/mol. The highest BCUT2D eigenvalue weighted by Crippen LogP contribution is 2.40. The van der Waals surface area contributed by atoms with Crippen molar-refractivity contribution in [3.8, 4) is 0 Å². The first kappa shape index (κ1) is 30.9. The molecule has 13 nitrogen and oxygen atoms in total. The van der Waals surface area contributed by atoms with Crippen LogP contribution < -0.4 is 0 Å². The van der Waals surface area contributed by atoms with Crippen LogP contribution in [0.4, 0.5) is 0 Å². The summed E-state index contributed by atoms with van der Waals surface area (Å²) in [6.45, 7) is 6.99. The highest BCUT2D eigenvalue weighted by molar-refractivity contribution is 7.89. The Labute approximate surface area is 217 Å². The lowest BCUT2D eigenvalue weighted by atomic mass is 9.94. The molecule has 0 aliphatic carbocycles. The standard InChI is InChI=1S/C19H33N3O4S.C4H6O6/c1-3-8-15-18-16(22(19(15)24)27(25,26)4-2)9-14-21(18)17(23)10-13-20-11-6-5-7-12-20;5-1(3(7)8)2(6)4(9)10/h15-16,18H,3-14H2,1-2H3;1-2,5-6H,(H,7,8)(H,9,10)/t15-,16+,18-;/m1./s1. The Morgan fingerprint density at radius 1 is 0.973 bits per heavy atom. The molecule has 2 amide bonds. The van der Waals surface area contributed by atoms with E-state index >= 15 is 0 Å². The van der Waals surface area contributed by atoms with Gasteiger partial charge in [-0.2, -0.15) is 0 Å². The predicted octanol–water partition coefficient (Wildman–Crippen LogP) is -0.682. The van der Waals surface area contributed by atoms with Crippen molar-refractivity contribution in [2.75, 3.05) is 31.9 Å². The first-order chi connectivity index (χ1) is 17.4. The second-order valence-electron chi connectivity index (χ2n) is 9.58. The third-order valence-corrected chi connectivity index (χ3v) is 8.93. The summed E-state index contributed by atoms with van der Waals surface area (Å²) in [4.78, 5) is 49.5. The molecule has 0 bridgehead atoms. The zero-order chi connectivity index (χ0) is 27.9. The molecule has 3 fully saturated rings. The van der Waals surface area contributed by atoms with Gasteiger partial charge in [-0.3, -0.25) is 9.59 Å². The van der Waals surface area contributed by atoms with Crippen molar-refractivity contribution >= 4 is 33.8 Å². The van der Waals surface area contributed by atoms with E-state index in [1.807, 2.05) is 11.8 Å². The van der Waals surface area contributed by atoms with Crippen LogP contribution in [0.25, 0.3) is 0 Å². The topological polar surface area (TPSA) is 193 Å². The van der Waals surface area contributed by atoms with Gasteiger partial charge in [-0.25, -0.2) is 22.3 Å². The molecule has 4 N–H and O–H groups in total. The summed E-state index contributed by atoms with van der Waals surface area (Å²) >= 11 is 0. The van der Waals surface area contributed by atoms with E-state index in [1.54, 1.807) is 6.92 Å². The molecule has 0 aromatic heterocycles. The molecule has 0 radical (unpaired) electrons. The molecule has 0 aromatic rings. The number of nitrogens with zero attached hydrogens (tertiary/aromatic N) is 3. The Balaban J connectivity index is 0.000000410. The van der Waals surface area contributed by atoms with Gasteiger partial charge >= 0.3 is 11.9 Å². The van der Waals surface area contributed by atoms with Crippen LogP contribution in [0.1, 0.15) is 58.8 Å². The van der Waals surface area contributed by atoms with E-state index in [9.17, 15) is 27.6 Å². The van der Waals surface area contributed by atoms with Crippen LogP contribution in [0.2, 0.25) is 0 Å². The second-order valence-corrected chi connectivity index (χ2v) is 11.7. The number of carboxylic acid groups (broad SMARTS) is 2. The quantitative estimate of drug-likeness (QED) is 0.270. The highest BCUT2D eigenvalue weighted by Gasteiger charge is 2.57. The highest BCUT2D eigenvalue weighted by atomic mass is 32.2. The van der Waals surface area contributed by atoms with E-state index in [2.05, 4.69) is 4.90 Å². The summed E-state index contributed by atoms with van der Waals surface area (Å²) in [6, 6.07) is -0.662. The molecule has 2 unspecified atom stereocenters. The summed E-state index contributed by atoms with van der Waals surface area (Å²) in [7, 11) is -3.59. The number of likely N-dealkylation sites (tertiary alicyclic amines) is 2. The molecule has 3 aliphatic rings. The SMILES string of the molecule is CCC[C@H]1C(=O)N(S(=O)(=O)CC)[C@H]2CCN(C(=O)CCN3CCCCC3)[C@H]12.O=C(O)C(O)C(O)C(=O)O. The molecule has 3 saturated heterocycles. The number of carbonyl (C=O) groups is 4. The fraction of sp³-hybridized carbons (Fsp3) is 0.826. The van der Waals surface area contributed by atoms with Crippen molar-refractivity contribution < 1.29 is 48.0 Å². The van der Waals surface area contributed by atoms with Crippen molar-refractivity contribution in [1.29, 1.82) is 0 Å². The molecule has 212 valence electrons. The largest absolute Gasteiger partial charge is 0.479 e. The number of piperidine rings is 1. The average molecular weight is 550 g/mol. The number of aliphatic hydroxyl groups excluding tert-OH is 2. The lowest BCUT2D eigenvalue weighted by Gasteiger charge is -2.30. The van der Waals surface area contributed by atoms with E-state index in [0.29, 0.717) is 25.8 Å². The van der Waals surface area contributed by atoms with Crippen LogP contribution in [0.15, 0.2) is 0 Å². The Bertz CT molecular complexity index is 919. The maximum absolute atomic E-state index is 12.9. The molecule has 5 atom stereocenters. The van der Waals surface area contributed by atoms with E-state index in [-0.39, 0.29) is 35.6 Å². The van der Waals surface area contributed by atoms with Crippen molar-refractivity contribution in [3.05, 3.63) is 0 Å². The maximum Gasteiger partial charge on any atom is 0.335 e. The van der Waals surface area contributed by atoms with Crippen LogP contribution in [-0.2, 0) is 29.2 Å². The summed E-state index contributed by atoms with van der Waals surface area (Å²) in [6.07, 6.45) is 1.57. The van der Waals surface area contributed by atoms with Gasteiger partial charge in [0.25, 0.3) is 0 Å². The number of rotatable bonds is 10. The van der Waals surface area contributed by atoms with Gasteiger partial charge in [-0.15, -0.1) is 0 Å². The van der Waals surface area contributed by atoms with Crippen molar-refractivity contribution in [1.82, 2.24) is 14.1 Å². The molecular formula is C23H39N3O10S. The number of amides is 2. The molecule has 3 rings (SSSR count). The first-order valence-electron chi connectivity index (χ1n) is 12.8. The minimum absolute atomic E-state index is 0.0673. The fourth-order valence-corrected chi connectivity index (χ4v) is 6.57. The Hall–Kier alpha value is -2.29. The smallest absolute Gasteiger partial charge is 0.335 e. The molecular weight excluding hydrogens is 510 g/mol. The lowest BCUT2D eigenvalue weighted by molar-refractivity contribution is -0.165. The fourth-order valence-electron chi connectivity index (χ4n) is 5.24. The van der Waals surface area contributed by atoms with Gasteiger partial charge < -0.3 is 30.2 Å². The summed E-state index contributed by atoms with van der Waals surface area (Å²) in [5.41, 5.74) is 0. The number of sulfonamides is 1. The van der Waals surface area contributed by atoms with Crippen LogP contribution in [0.3, 0.4) is 0 Å². The normalized spacial score (nSPS) is 25.7. The first-order valence-corrected chi connectivity index (χ1v) is 14.4. The van der Waals surface area contributed by atoms with E-state index < -0.39 is 34.2 Å². The zero-order valence-electron chi connectivity index (χ0n) is 21.4. The molecule has 14 heteroatoms. The summed E-state index contributed by atoms with van der Waals surface area (Å²) in [5, 5.41) is 32.5.